The van der Waals surface area contributed by atoms with E-state index in [1.807, 2.05) is 29.2 Å². The number of piperazine rings is 1. The molecule has 0 aliphatic carbocycles. The molecular weight excluding hydrogens is 262 g/mol. The minimum atomic E-state index is 0.212. The van der Waals surface area contributed by atoms with Crippen LogP contribution in [0.25, 0.3) is 0 Å². The number of benzene rings is 1. The Kier molecular flexibility index (Phi) is 5.62. The average molecular weight is 289 g/mol. The van der Waals surface area contributed by atoms with Crippen molar-refractivity contribution in [1.82, 2.24) is 9.80 Å². The number of hydrogen-bond donors (Lipinski definition) is 1. The van der Waals surface area contributed by atoms with Crippen molar-refractivity contribution >= 4 is 11.6 Å². The fourth-order valence-electron chi connectivity index (χ4n) is 2.65. The standard InChI is InChI=1S/C17H27N3O/c1-14(2)6-7-19-8-10-20(11-9-19)17(21)13-15-4-3-5-16(18)12-15/h3-5,12,14H,6-11,13,18H2,1-2H3. The Morgan fingerprint density at radius 3 is 2.57 bits per heavy atom. The largest absolute Gasteiger partial charge is 0.399 e. The molecule has 1 aliphatic rings. The van der Waals surface area contributed by atoms with Crippen LogP contribution in [0.5, 0.6) is 0 Å². The maximum absolute atomic E-state index is 12.3. The highest BCUT2D eigenvalue weighted by Gasteiger charge is 2.20. The van der Waals surface area contributed by atoms with Gasteiger partial charge in [0.05, 0.1) is 6.42 Å². The lowest BCUT2D eigenvalue weighted by Gasteiger charge is -2.35. The average Bonchev–Trinajstić information content (AvgIpc) is 2.45. The van der Waals surface area contributed by atoms with Gasteiger partial charge in [0.25, 0.3) is 0 Å². The predicted octanol–water partition coefficient (Wildman–Crippen LogP) is 2.00. The highest BCUT2D eigenvalue weighted by atomic mass is 16.2. The third-order valence-electron chi connectivity index (χ3n) is 4.05. The molecule has 1 aromatic rings. The van der Waals surface area contributed by atoms with E-state index in [4.69, 9.17) is 5.73 Å². The highest BCUT2D eigenvalue weighted by Crippen LogP contribution is 2.11. The van der Waals surface area contributed by atoms with Crippen molar-refractivity contribution in [3.05, 3.63) is 29.8 Å². The summed E-state index contributed by atoms with van der Waals surface area (Å²) >= 11 is 0. The molecule has 2 N–H and O–H groups in total. The summed E-state index contributed by atoms with van der Waals surface area (Å²) in [5.74, 6) is 0.956. The Morgan fingerprint density at radius 2 is 1.95 bits per heavy atom. The third kappa shape index (κ3) is 5.05. The van der Waals surface area contributed by atoms with Gasteiger partial charge < -0.3 is 10.6 Å². The molecule has 0 radical (unpaired) electrons. The molecule has 0 aromatic heterocycles. The monoisotopic (exact) mass is 289 g/mol. The summed E-state index contributed by atoms with van der Waals surface area (Å²) in [7, 11) is 0. The van der Waals surface area contributed by atoms with Gasteiger partial charge in [-0.15, -0.1) is 0 Å². The lowest BCUT2D eigenvalue weighted by Crippen LogP contribution is -2.49. The van der Waals surface area contributed by atoms with E-state index in [1.54, 1.807) is 0 Å². The highest BCUT2D eigenvalue weighted by molar-refractivity contribution is 5.79. The number of amides is 1. The van der Waals surface area contributed by atoms with Crippen LogP contribution in [0.3, 0.4) is 0 Å². The van der Waals surface area contributed by atoms with Gasteiger partial charge in [0, 0.05) is 31.9 Å². The van der Waals surface area contributed by atoms with Gasteiger partial charge in [-0.1, -0.05) is 26.0 Å². The molecule has 1 heterocycles. The summed E-state index contributed by atoms with van der Waals surface area (Å²) in [5.41, 5.74) is 7.48. The molecule has 2 rings (SSSR count). The van der Waals surface area contributed by atoms with Gasteiger partial charge in [-0.2, -0.15) is 0 Å². The van der Waals surface area contributed by atoms with Crippen LogP contribution in [0.15, 0.2) is 24.3 Å². The number of anilines is 1. The van der Waals surface area contributed by atoms with Gasteiger partial charge in [-0.25, -0.2) is 0 Å². The summed E-state index contributed by atoms with van der Waals surface area (Å²) < 4.78 is 0. The van der Waals surface area contributed by atoms with Gasteiger partial charge in [-0.3, -0.25) is 9.69 Å². The topological polar surface area (TPSA) is 49.6 Å². The maximum atomic E-state index is 12.3. The van der Waals surface area contributed by atoms with Crippen molar-refractivity contribution < 1.29 is 4.79 Å². The first kappa shape index (κ1) is 15.8. The summed E-state index contributed by atoms with van der Waals surface area (Å²) in [6.45, 7) is 9.34. The molecule has 0 unspecified atom stereocenters. The lowest BCUT2D eigenvalue weighted by atomic mass is 10.1. The second-order valence-electron chi connectivity index (χ2n) is 6.33. The molecule has 4 heteroatoms. The molecule has 116 valence electrons. The molecule has 1 aliphatic heterocycles. The normalized spacial score (nSPS) is 16.4. The summed E-state index contributed by atoms with van der Waals surface area (Å²) in [4.78, 5) is 16.8. The molecule has 0 bridgehead atoms. The number of carbonyl (C=O) groups is 1. The lowest BCUT2D eigenvalue weighted by molar-refractivity contribution is -0.132. The van der Waals surface area contributed by atoms with Crippen LogP contribution >= 0.6 is 0 Å². The van der Waals surface area contributed by atoms with Crippen LogP contribution in [0.2, 0.25) is 0 Å². The fraction of sp³-hybridized carbons (Fsp3) is 0.588. The summed E-state index contributed by atoms with van der Waals surface area (Å²) in [6, 6.07) is 7.60. The first-order valence-corrected chi connectivity index (χ1v) is 7.89. The molecule has 0 saturated carbocycles. The minimum absolute atomic E-state index is 0.212. The molecule has 0 spiro atoms. The van der Waals surface area contributed by atoms with Crippen molar-refractivity contribution in [2.45, 2.75) is 26.7 Å². The molecule has 4 nitrogen and oxygen atoms in total. The van der Waals surface area contributed by atoms with Gasteiger partial charge in [0.15, 0.2) is 0 Å². The van der Waals surface area contributed by atoms with E-state index in [2.05, 4.69) is 18.7 Å². The van der Waals surface area contributed by atoms with Crippen LogP contribution in [-0.4, -0.2) is 48.4 Å². The van der Waals surface area contributed by atoms with E-state index < -0.39 is 0 Å². The first-order chi connectivity index (χ1) is 10.0. The van der Waals surface area contributed by atoms with Gasteiger partial charge in [0.2, 0.25) is 5.91 Å². The molecule has 1 fully saturated rings. The number of nitrogen functional groups attached to an aromatic ring is 1. The van der Waals surface area contributed by atoms with Crippen molar-refractivity contribution in [3.63, 3.8) is 0 Å². The van der Waals surface area contributed by atoms with Crippen molar-refractivity contribution in [3.8, 4) is 0 Å². The Morgan fingerprint density at radius 1 is 1.24 bits per heavy atom. The number of nitrogens with two attached hydrogens (primary N) is 1. The Labute approximate surface area is 127 Å². The second-order valence-corrected chi connectivity index (χ2v) is 6.33. The maximum Gasteiger partial charge on any atom is 0.227 e. The zero-order chi connectivity index (χ0) is 15.2. The fourth-order valence-corrected chi connectivity index (χ4v) is 2.65. The second kappa shape index (κ2) is 7.46. The van der Waals surface area contributed by atoms with E-state index in [0.717, 1.165) is 49.9 Å². The van der Waals surface area contributed by atoms with Gasteiger partial charge in [0.1, 0.15) is 0 Å². The predicted molar refractivity (Wildman–Crippen MR) is 87.0 cm³/mol. The minimum Gasteiger partial charge on any atom is -0.399 e. The van der Waals surface area contributed by atoms with Crippen LogP contribution in [0.4, 0.5) is 5.69 Å². The zero-order valence-corrected chi connectivity index (χ0v) is 13.2. The summed E-state index contributed by atoms with van der Waals surface area (Å²) in [6.07, 6.45) is 1.69. The van der Waals surface area contributed by atoms with Crippen molar-refractivity contribution in [1.29, 1.82) is 0 Å². The molecule has 1 saturated heterocycles. The summed E-state index contributed by atoms with van der Waals surface area (Å²) in [5, 5.41) is 0. The quantitative estimate of drug-likeness (QED) is 0.844. The smallest absolute Gasteiger partial charge is 0.227 e. The zero-order valence-electron chi connectivity index (χ0n) is 13.2. The van der Waals surface area contributed by atoms with Crippen molar-refractivity contribution in [2.24, 2.45) is 5.92 Å². The molecule has 21 heavy (non-hydrogen) atoms. The first-order valence-electron chi connectivity index (χ1n) is 7.89. The number of rotatable bonds is 5. The molecule has 1 aromatic carbocycles. The Hall–Kier alpha value is -1.55. The SMILES string of the molecule is CC(C)CCN1CCN(C(=O)Cc2cccc(N)c2)CC1. The van der Waals surface area contributed by atoms with Gasteiger partial charge >= 0.3 is 0 Å². The molecule has 1 amide bonds. The number of nitrogens with zero attached hydrogens (tertiary/aromatic N) is 2. The Balaban J connectivity index is 1.78. The van der Waals surface area contributed by atoms with Crippen LogP contribution < -0.4 is 5.73 Å². The van der Waals surface area contributed by atoms with Crippen molar-refractivity contribution in [2.75, 3.05) is 38.5 Å². The van der Waals surface area contributed by atoms with Crippen LogP contribution in [0.1, 0.15) is 25.8 Å². The van der Waals surface area contributed by atoms with E-state index in [0.29, 0.717) is 6.42 Å². The number of carbonyl (C=O) groups excluding carboxylic acids is 1. The van der Waals surface area contributed by atoms with Crippen LogP contribution in [-0.2, 0) is 11.2 Å². The van der Waals surface area contributed by atoms with E-state index in [-0.39, 0.29) is 5.91 Å². The van der Waals surface area contributed by atoms with E-state index in [9.17, 15) is 4.79 Å². The van der Waals surface area contributed by atoms with Crippen LogP contribution in [0, 0.1) is 5.92 Å². The number of hydrogen-bond acceptors (Lipinski definition) is 3. The van der Waals surface area contributed by atoms with E-state index >= 15 is 0 Å². The van der Waals surface area contributed by atoms with Gasteiger partial charge in [-0.05, 0) is 36.6 Å². The Bertz CT molecular complexity index is 465. The molecular formula is C17H27N3O. The third-order valence-corrected chi connectivity index (χ3v) is 4.05. The van der Waals surface area contributed by atoms with E-state index in [1.165, 1.54) is 6.42 Å². The molecule has 0 atom stereocenters.